The number of hydrogen-bond donors (Lipinski definition) is 0. The molecule has 88 valence electrons. The number of esters is 1. The average Bonchev–Trinajstić information content (AvgIpc) is 2.71. The molecule has 0 aliphatic heterocycles. The van der Waals surface area contributed by atoms with Gasteiger partial charge in [0.2, 0.25) is 0 Å². The molecule has 0 bridgehead atoms. The summed E-state index contributed by atoms with van der Waals surface area (Å²) >= 11 is 6.03. The smallest absolute Gasteiger partial charge is 0.342 e. The Morgan fingerprint density at radius 1 is 1.41 bits per heavy atom. The molecule has 0 radical (unpaired) electrons. The highest BCUT2D eigenvalue weighted by Crippen LogP contribution is 2.19. The quantitative estimate of drug-likeness (QED) is 0.766. The van der Waals surface area contributed by atoms with Gasteiger partial charge in [0.1, 0.15) is 10.7 Å². The highest BCUT2D eigenvalue weighted by molar-refractivity contribution is 6.32. The lowest BCUT2D eigenvalue weighted by molar-refractivity contribution is 0.0601. The van der Waals surface area contributed by atoms with Gasteiger partial charge in [-0.15, -0.1) is 0 Å². The summed E-state index contributed by atoms with van der Waals surface area (Å²) in [5.74, 6) is 0.0316. The summed E-state index contributed by atoms with van der Waals surface area (Å²) in [6, 6.07) is 3.66. The van der Waals surface area contributed by atoms with Crippen molar-refractivity contribution in [3.05, 3.63) is 40.8 Å². The van der Waals surface area contributed by atoms with Crippen LogP contribution in [-0.4, -0.2) is 27.8 Å². The van der Waals surface area contributed by atoms with Crippen molar-refractivity contribution in [1.82, 2.24) is 14.8 Å². The van der Waals surface area contributed by atoms with Crippen molar-refractivity contribution in [2.24, 2.45) is 0 Å². The van der Waals surface area contributed by atoms with E-state index in [2.05, 4.69) is 14.8 Å². The van der Waals surface area contributed by atoms with Gasteiger partial charge in [-0.2, -0.15) is 5.10 Å². The van der Waals surface area contributed by atoms with Gasteiger partial charge in [-0.1, -0.05) is 17.7 Å². The van der Waals surface area contributed by atoms with Gasteiger partial charge in [-0.25, -0.2) is 14.5 Å². The minimum absolute atomic E-state index is 0.188. The molecule has 6 heteroatoms. The Labute approximate surface area is 103 Å². The monoisotopic (exact) mass is 251 g/mol. The average molecular weight is 252 g/mol. The normalized spacial score (nSPS) is 10.3. The zero-order valence-corrected chi connectivity index (χ0v) is 10.1. The largest absolute Gasteiger partial charge is 0.465 e. The maximum absolute atomic E-state index is 11.4. The van der Waals surface area contributed by atoms with Crippen molar-refractivity contribution in [2.75, 3.05) is 7.11 Å². The Kier molecular flexibility index (Phi) is 3.10. The van der Waals surface area contributed by atoms with Crippen LogP contribution in [0, 0.1) is 6.92 Å². The van der Waals surface area contributed by atoms with Gasteiger partial charge >= 0.3 is 5.97 Å². The number of pyridine rings is 1. The number of methoxy groups -OCH3 is 1. The van der Waals surface area contributed by atoms with E-state index in [0.29, 0.717) is 5.82 Å². The van der Waals surface area contributed by atoms with E-state index >= 15 is 0 Å². The molecule has 0 atom stereocenters. The molecule has 0 saturated carbocycles. The van der Waals surface area contributed by atoms with Crippen LogP contribution in [0.4, 0.5) is 0 Å². The van der Waals surface area contributed by atoms with E-state index in [4.69, 9.17) is 11.6 Å². The molecule has 17 heavy (non-hydrogen) atoms. The molecule has 0 saturated heterocycles. The lowest BCUT2D eigenvalue weighted by atomic mass is 10.3. The molecule has 0 aliphatic carbocycles. The van der Waals surface area contributed by atoms with Crippen LogP contribution in [0.25, 0.3) is 5.82 Å². The molecule has 0 aliphatic rings. The molecule has 2 heterocycles. The minimum Gasteiger partial charge on any atom is -0.465 e. The molecule has 0 fully saturated rings. The third-order valence-electron chi connectivity index (χ3n) is 2.23. The lowest BCUT2D eigenvalue weighted by Crippen LogP contribution is -2.03. The van der Waals surface area contributed by atoms with Crippen molar-refractivity contribution in [3.8, 4) is 5.82 Å². The van der Waals surface area contributed by atoms with Gasteiger partial charge in [0, 0.05) is 6.20 Å². The third-order valence-corrected chi connectivity index (χ3v) is 2.59. The number of nitrogens with zero attached hydrogens (tertiary/aromatic N) is 3. The highest BCUT2D eigenvalue weighted by atomic mass is 35.5. The third kappa shape index (κ3) is 2.14. The highest BCUT2D eigenvalue weighted by Gasteiger charge is 2.17. The van der Waals surface area contributed by atoms with Crippen LogP contribution in [0.2, 0.25) is 5.15 Å². The van der Waals surface area contributed by atoms with Gasteiger partial charge in [0.25, 0.3) is 0 Å². The summed E-state index contributed by atoms with van der Waals surface area (Å²) < 4.78 is 5.97. The number of carbonyl (C=O) groups excluding carboxylic acids is 1. The molecule has 2 aromatic heterocycles. The van der Waals surface area contributed by atoms with E-state index in [1.165, 1.54) is 18.0 Å². The first kappa shape index (κ1) is 11.6. The topological polar surface area (TPSA) is 57.0 Å². The molecule has 0 aromatic carbocycles. The van der Waals surface area contributed by atoms with Gasteiger partial charge in [-0.3, -0.25) is 0 Å². The van der Waals surface area contributed by atoms with Crippen LogP contribution in [0.1, 0.15) is 15.9 Å². The fourth-order valence-corrected chi connectivity index (χ4v) is 1.58. The Hall–Kier alpha value is -1.88. The van der Waals surface area contributed by atoms with Gasteiger partial charge in [-0.05, 0) is 18.6 Å². The molecule has 2 rings (SSSR count). The maximum Gasteiger partial charge on any atom is 0.342 e. The van der Waals surface area contributed by atoms with Crippen molar-refractivity contribution in [3.63, 3.8) is 0 Å². The van der Waals surface area contributed by atoms with Crippen LogP contribution in [0.3, 0.4) is 0 Å². The summed E-state index contributed by atoms with van der Waals surface area (Å²) in [5.41, 5.74) is 1.25. The predicted molar refractivity (Wildman–Crippen MR) is 62.4 cm³/mol. The fourth-order valence-electron chi connectivity index (χ4n) is 1.33. The number of aromatic nitrogens is 3. The maximum atomic E-state index is 11.4. The van der Waals surface area contributed by atoms with Crippen molar-refractivity contribution < 1.29 is 9.53 Å². The van der Waals surface area contributed by atoms with Gasteiger partial charge in [0.05, 0.1) is 13.3 Å². The molecule has 5 nitrogen and oxygen atoms in total. The SMILES string of the molecule is COC(=O)c1cnn(-c2ccc(C)cn2)c1Cl. The minimum atomic E-state index is -0.520. The first-order valence-electron chi connectivity index (χ1n) is 4.88. The number of carbonyl (C=O) groups is 1. The molecule has 2 aromatic rings. The summed E-state index contributed by atoms with van der Waals surface area (Å²) in [4.78, 5) is 15.5. The Balaban J connectivity index is 2.44. The summed E-state index contributed by atoms with van der Waals surface area (Å²) in [6.45, 7) is 1.93. The van der Waals surface area contributed by atoms with Crippen LogP contribution in [0.5, 0.6) is 0 Å². The van der Waals surface area contributed by atoms with Crippen molar-refractivity contribution >= 4 is 17.6 Å². The summed E-state index contributed by atoms with van der Waals surface area (Å²) in [6.07, 6.45) is 3.06. The lowest BCUT2D eigenvalue weighted by Gasteiger charge is -2.02. The van der Waals surface area contributed by atoms with Gasteiger partial charge < -0.3 is 4.74 Å². The first-order chi connectivity index (χ1) is 8.13. The Bertz CT molecular complexity index is 548. The van der Waals surface area contributed by atoms with E-state index in [-0.39, 0.29) is 10.7 Å². The molecule has 0 amide bonds. The molecule has 0 unspecified atom stereocenters. The predicted octanol–water partition coefficient (Wildman–Crippen LogP) is 2.02. The summed E-state index contributed by atoms with van der Waals surface area (Å²) in [5, 5.41) is 4.19. The van der Waals surface area contributed by atoms with E-state index in [1.807, 2.05) is 13.0 Å². The summed E-state index contributed by atoms with van der Waals surface area (Å²) in [7, 11) is 1.29. The number of ether oxygens (including phenoxy) is 1. The van der Waals surface area contributed by atoms with Crippen molar-refractivity contribution in [1.29, 1.82) is 0 Å². The molecular formula is C11H10ClN3O2. The zero-order chi connectivity index (χ0) is 12.4. The second kappa shape index (κ2) is 4.55. The van der Waals surface area contributed by atoms with Crippen molar-refractivity contribution in [2.45, 2.75) is 6.92 Å². The van der Waals surface area contributed by atoms with E-state index in [0.717, 1.165) is 5.56 Å². The Morgan fingerprint density at radius 2 is 2.18 bits per heavy atom. The molecular weight excluding hydrogens is 242 g/mol. The zero-order valence-electron chi connectivity index (χ0n) is 9.35. The number of hydrogen-bond acceptors (Lipinski definition) is 4. The van der Waals surface area contributed by atoms with Crippen LogP contribution in [-0.2, 0) is 4.74 Å². The number of halogens is 1. The van der Waals surface area contributed by atoms with Crippen LogP contribution in [0.15, 0.2) is 24.5 Å². The number of aryl methyl sites for hydroxylation is 1. The van der Waals surface area contributed by atoms with E-state index in [9.17, 15) is 4.79 Å². The van der Waals surface area contributed by atoms with Crippen LogP contribution < -0.4 is 0 Å². The Morgan fingerprint density at radius 3 is 2.76 bits per heavy atom. The van der Waals surface area contributed by atoms with Gasteiger partial charge in [0.15, 0.2) is 5.82 Å². The second-order valence-corrected chi connectivity index (χ2v) is 3.80. The van der Waals surface area contributed by atoms with E-state index in [1.54, 1.807) is 12.3 Å². The fraction of sp³-hybridized carbons (Fsp3) is 0.182. The first-order valence-corrected chi connectivity index (χ1v) is 5.26. The van der Waals surface area contributed by atoms with Crippen LogP contribution >= 0.6 is 11.6 Å². The second-order valence-electron chi connectivity index (χ2n) is 3.45. The number of rotatable bonds is 2. The molecule has 0 N–H and O–H groups in total. The molecule has 0 spiro atoms. The standard InChI is InChI=1S/C11H10ClN3O2/c1-7-3-4-9(13-5-7)15-10(12)8(6-14-15)11(16)17-2/h3-6H,1-2H3. The van der Waals surface area contributed by atoms with E-state index < -0.39 is 5.97 Å².